The first-order valence-corrected chi connectivity index (χ1v) is 11.6. The van der Waals surface area contributed by atoms with E-state index in [4.69, 9.17) is 32.7 Å². The Morgan fingerprint density at radius 1 is 1.03 bits per heavy atom. The van der Waals surface area contributed by atoms with Gasteiger partial charge in [-0.15, -0.1) is 0 Å². The van der Waals surface area contributed by atoms with Crippen molar-refractivity contribution >= 4 is 69.4 Å². The molecule has 4 rings (SSSR count). The lowest BCUT2D eigenvalue weighted by atomic mass is 10.1. The first kappa shape index (κ1) is 23.4. The predicted octanol–water partition coefficient (Wildman–Crippen LogP) is 5.65. The van der Waals surface area contributed by atoms with E-state index in [2.05, 4.69) is 28.0 Å². The minimum Gasteiger partial charge on any atom is -0.493 e. The summed E-state index contributed by atoms with van der Waals surface area (Å²) in [6.07, 6.45) is 1.54. The second-order valence-corrected chi connectivity index (χ2v) is 9.02. The smallest absolute Gasteiger partial charge is 0.282 e. The van der Waals surface area contributed by atoms with Gasteiger partial charge in [-0.1, -0.05) is 47.5 Å². The number of halogens is 3. The first-order valence-electron chi connectivity index (χ1n) is 9.74. The molecule has 0 aliphatic carbocycles. The highest BCUT2D eigenvalue weighted by Gasteiger charge is 2.34. The number of hydrogen-bond acceptors (Lipinski definition) is 4. The summed E-state index contributed by atoms with van der Waals surface area (Å²) >= 11 is 14.2. The quantitative estimate of drug-likeness (QED) is 0.228. The summed E-state index contributed by atoms with van der Waals surface area (Å²) < 4.78 is 12.2. The largest absolute Gasteiger partial charge is 0.493 e. The molecule has 3 aromatic carbocycles. The van der Waals surface area contributed by atoms with Gasteiger partial charge in [-0.3, -0.25) is 15.0 Å². The van der Waals surface area contributed by atoms with Crippen LogP contribution in [0.3, 0.4) is 0 Å². The van der Waals surface area contributed by atoms with E-state index in [1.165, 1.54) is 18.2 Å². The summed E-state index contributed by atoms with van der Waals surface area (Å²) in [5, 5.41) is 2.15. The Morgan fingerprint density at radius 2 is 1.79 bits per heavy atom. The summed E-state index contributed by atoms with van der Waals surface area (Å²) in [7, 11) is 1.53. The molecule has 0 aromatic heterocycles. The fourth-order valence-corrected chi connectivity index (χ4v) is 4.33. The summed E-state index contributed by atoms with van der Waals surface area (Å²) in [4.78, 5) is 25.3. The van der Waals surface area contributed by atoms with Gasteiger partial charge in [0.05, 0.1) is 26.4 Å². The predicted molar refractivity (Wildman–Crippen MR) is 137 cm³/mol. The van der Waals surface area contributed by atoms with Crippen LogP contribution in [0.1, 0.15) is 11.1 Å². The summed E-state index contributed by atoms with van der Waals surface area (Å²) in [5.74, 6) is 0.108. The van der Waals surface area contributed by atoms with E-state index in [-0.39, 0.29) is 12.2 Å². The zero-order chi connectivity index (χ0) is 23.5. The highest BCUT2D eigenvalue weighted by Crippen LogP contribution is 2.36. The molecule has 0 atom stereocenters. The fraction of sp³-hybridized carbons (Fsp3) is 0.0833. The van der Waals surface area contributed by atoms with E-state index < -0.39 is 11.8 Å². The molecule has 0 saturated carbocycles. The van der Waals surface area contributed by atoms with E-state index >= 15 is 0 Å². The van der Waals surface area contributed by atoms with Crippen LogP contribution in [-0.2, 0) is 16.2 Å². The number of hydrazine groups is 1. The molecule has 33 heavy (non-hydrogen) atoms. The third kappa shape index (κ3) is 5.10. The van der Waals surface area contributed by atoms with Gasteiger partial charge in [0.1, 0.15) is 12.2 Å². The van der Waals surface area contributed by atoms with Gasteiger partial charge in [-0.05, 0) is 76.2 Å². The lowest BCUT2D eigenvalue weighted by Crippen LogP contribution is -2.35. The van der Waals surface area contributed by atoms with Gasteiger partial charge in [0.2, 0.25) is 0 Å². The number of nitrogens with zero attached hydrogens (tertiary/aromatic N) is 1. The summed E-state index contributed by atoms with van der Waals surface area (Å²) in [6, 6.07) is 17.7. The highest BCUT2D eigenvalue weighted by molar-refractivity contribution is 14.1. The van der Waals surface area contributed by atoms with Crippen LogP contribution >= 0.6 is 45.8 Å². The SMILES string of the molecule is COc1cc(/C=C2\C(=O)NN(c3ccccc3)C2=O)cc(I)c1OCc1ccc(Cl)c(Cl)c1. The molecule has 0 bridgehead atoms. The van der Waals surface area contributed by atoms with Crippen molar-refractivity contribution in [3.05, 3.63) is 91.0 Å². The van der Waals surface area contributed by atoms with Gasteiger partial charge in [0.25, 0.3) is 11.8 Å². The Hall–Kier alpha value is -2.75. The molecule has 9 heteroatoms. The number of ether oxygens (including phenoxy) is 2. The van der Waals surface area contributed by atoms with Crippen molar-refractivity contribution < 1.29 is 19.1 Å². The Bertz CT molecular complexity index is 1260. The molecular formula is C24H17Cl2IN2O4. The number of anilines is 1. The molecule has 6 nitrogen and oxygen atoms in total. The van der Waals surface area contributed by atoms with Gasteiger partial charge in [0, 0.05) is 0 Å². The van der Waals surface area contributed by atoms with Crippen molar-refractivity contribution in [3.63, 3.8) is 0 Å². The molecule has 1 fully saturated rings. The Morgan fingerprint density at radius 3 is 2.48 bits per heavy atom. The summed E-state index contributed by atoms with van der Waals surface area (Å²) in [6.45, 7) is 0.261. The van der Waals surface area contributed by atoms with Crippen LogP contribution in [0.15, 0.2) is 66.2 Å². The molecule has 1 N–H and O–H groups in total. The molecule has 1 aliphatic heterocycles. The highest BCUT2D eigenvalue weighted by atomic mass is 127. The van der Waals surface area contributed by atoms with Crippen LogP contribution in [0, 0.1) is 3.57 Å². The van der Waals surface area contributed by atoms with Gasteiger partial charge in [-0.25, -0.2) is 5.01 Å². The van der Waals surface area contributed by atoms with E-state index in [9.17, 15) is 9.59 Å². The Balaban J connectivity index is 1.58. The van der Waals surface area contributed by atoms with E-state index in [0.29, 0.717) is 32.8 Å². The standard InChI is InChI=1S/C24H17Cl2IN2O4/c1-32-21-12-15(9-17-23(30)28-29(24(17)31)16-5-3-2-4-6-16)11-20(27)22(21)33-13-14-7-8-18(25)19(26)10-14/h2-12H,13H2,1H3,(H,28,30)/b17-9+. The monoisotopic (exact) mass is 594 g/mol. The maximum absolute atomic E-state index is 12.8. The third-order valence-corrected chi connectivity index (χ3v) is 6.38. The molecule has 3 aromatic rings. The van der Waals surface area contributed by atoms with E-state index in [1.807, 2.05) is 18.2 Å². The normalized spacial score (nSPS) is 14.5. The van der Waals surface area contributed by atoms with Crippen LogP contribution in [0.5, 0.6) is 11.5 Å². The van der Waals surface area contributed by atoms with Gasteiger partial charge in [-0.2, -0.15) is 0 Å². The number of amides is 2. The number of benzene rings is 3. The number of carbonyl (C=O) groups is 2. The molecular weight excluding hydrogens is 578 g/mol. The van der Waals surface area contributed by atoms with Gasteiger partial charge >= 0.3 is 0 Å². The van der Waals surface area contributed by atoms with Crippen LogP contribution < -0.4 is 19.9 Å². The van der Waals surface area contributed by atoms with Crippen LogP contribution in [0.2, 0.25) is 10.0 Å². The molecule has 2 amide bonds. The van der Waals surface area contributed by atoms with Crippen LogP contribution in [-0.4, -0.2) is 18.9 Å². The van der Waals surface area contributed by atoms with Gasteiger partial charge in [0.15, 0.2) is 11.5 Å². The van der Waals surface area contributed by atoms with Crippen molar-refractivity contribution in [2.24, 2.45) is 0 Å². The maximum atomic E-state index is 12.8. The van der Waals surface area contributed by atoms with Crippen molar-refractivity contribution in [2.75, 3.05) is 12.1 Å². The van der Waals surface area contributed by atoms with Crippen molar-refractivity contribution in [2.45, 2.75) is 6.61 Å². The number of rotatable bonds is 6. The van der Waals surface area contributed by atoms with Crippen molar-refractivity contribution in [1.29, 1.82) is 0 Å². The number of methoxy groups -OCH3 is 1. The molecule has 168 valence electrons. The Labute approximate surface area is 214 Å². The zero-order valence-corrected chi connectivity index (χ0v) is 20.9. The maximum Gasteiger partial charge on any atom is 0.282 e. The van der Waals surface area contributed by atoms with E-state index in [0.717, 1.165) is 9.13 Å². The average Bonchev–Trinajstić information content (AvgIpc) is 3.09. The van der Waals surface area contributed by atoms with Crippen LogP contribution in [0.25, 0.3) is 6.08 Å². The van der Waals surface area contributed by atoms with Crippen molar-refractivity contribution in [3.8, 4) is 11.5 Å². The second-order valence-electron chi connectivity index (χ2n) is 7.05. The van der Waals surface area contributed by atoms with E-state index in [1.54, 1.807) is 42.5 Å². The average molecular weight is 595 g/mol. The zero-order valence-electron chi connectivity index (χ0n) is 17.3. The minimum atomic E-state index is -0.474. The molecule has 1 saturated heterocycles. The number of hydrogen-bond donors (Lipinski definition) is 1. The lowest BCUT2D eigenvalue weighted by Gasteiger charge is -2.14. The molecule has 0 unspecified atom stereocenters. The number of para-hydroxylation sites is 1. The topological polar surface area (TPSA) is 67.9 Å². The lowest BCUT2D eigenvalue weighted by molar-refractivity contribution is -0.117. The van der Waals surface area contributed by atoms with Crippen molar-refractivity contribution in [1.82, 2.24) is 5.43 Å². The number of nitrogens with one attached hydrogen (secondary N) is 1. The second kappa shape index (κ2) is 10.0. The first-order chi connectivity index (χ1) is 15.9. The minimum absolute atomic E-state index is 0.0289. The molecule has 0 spiro atoms. The molecule has 0 radical (unpaired) electrons. The molecule has 1 heterocycles. The fourth-order valence-electron chi connectivity index (χ4n) is 3.23. The van der Waals surface area contributed by atoms with Crippen LogP contribution in [0.4, 0.5) is 5.69 Å². The third-order valence-electron chi connectivity index (χ3n) is 4.84. The molecule has 1 aliphatic rings. The Kier molecular flexibility index (Phi) is 7.11. The number of carbonyl (C=O) groups excluding carboxylic acids is 2. The summed E-state index contributed by atoms with van der Waals surface area (Å²) in [5.41, 5.74) is 4.68. The van der Waals surface area contributed by atoms with Gasteiger partial charge < -0.3 is 9.47 Å².